The van der Waals surface area contributed by atoms with E-state index in [1.165, 1.54) is 19.3 Å². The van der Waals surface area contributed by atoms with Gasteiger partial charge in [-0.25, -0.2) is 4.68 Å². The predicted molar refractivity (Wildman–Crippen MR) is 78.8 cm³/mol. The Morgan fingerprint density at radius 3 is 2.84 bits per heavy atom. The van der Waals surface area contributed by atoms with Crippen molar-refractivity contribution in [2.45, 2.75) is 46.1 Å². The number of hydrogen-bond acceptors (Lipinski definition) is 3. The second-order valence-electron chi connectivity index (χ2n) is 5.76. The normalized spacial score (nSPS) is 15.6. The Balaban J connectivity index is 2.07. The fourth-order valence-corrected chi connectivity index (χ4v) is 2.36. The van der Waals surface area contributed by atoms with Crippen molar-refractivity contribution in [1.29, 1.82) is 0 Å². The first kappa shape index (κ1) is 14.4. The van der Waals surface area contributed by atoms with Gasteiger partial charge in [0.05, 0.1) is 11.2 Å². The first-order valence-corrected chi connectivity index (χ1v) is 7.45. The molecule has 4 nitrogen and oxygen atoms in total. The number of hydrogen-bond donors (Lipinski definition) is 1. The minimum atomic E-state index is -0.0943. The molecule has 106 valence electrons. The van der Waals surface area contributed by atoms with Gasteiger partial charge in [0, 0.05) is 13.1 Å². The first-order valence-electron chi connectivity index (χ1n) is 7.07. The van der Waals surface area contributed by atoms with Crippen LogP contribution in [0.4, 0.5) is 5.69 Å². The van der Waals surface area contributed by atoms with Crippen molar-refractivity contribution in [3.05, 3.63) is 21.6 Å². The maximum Gasteiger partial charge on any atom is 0.291 e. The van der Waals surface area contributed by atoms with Gasteiger partial charge in [-0.1, -0.05) is 31.9 Å². The molecule has 19 heavy (non-hydrogen) atoms. The van der Waals surface area contributed by atoms with E-state index in [0.717, 1.165) is 19.5 Å². The molecule has 1 heterocycles. The van der Waals surface area contributed by atoms with E-state index < -0.39 is 0 Å². The lowest BCUT2D eigenvalue weighted by molar-refractivity contribution is 0.262. The summed E-state index contributed by atoms with van der Waals surface area (Å²) in [7, 11) is 0. The standard InChI is InChI=1S/C14H22ClN3O/c1-10(2)6-7-16-13-12(15)8-17-18(14(13)19)9-11-4-3-5-11/h8,10-11,16H,3-7,9H2,1-2H3. The van der Waals surface area contributed by atoms with Gasteiger partial charge in [0.1, 0.15) is 5.69 Å². The fourth-order valence-electron chi connectivity index (χ4n) is 2.16. The zero-order chi connectivity index (χ0) is 13.8. The van der Waals surface area contributed by atoms with E-state index in [1.807, 2.05) is 0 Å². The third-order valence-electron chi connectivity index (χ3n) is 3.68. The molecule has 1 aromatic heterocycles. The summed E-state index contributed by atoms with van der Waals surface area (Å²) in [6.07, 6.45) is 6.26. The molecule has 1 fully saturated rings. The van der Waals surface area contributed by atoms with Crippen LogP contribution in [0.1, 0.15) is 39.5 Å². The largest absolute Gasteiger partial charge is 0.379 e. The van der Waals surface area contributed by atoms with E-state index in [9.17, 15) is 4.79 Å². The predicted octanol–water partition coefficient (Wildman–Crippen LogP) is 3.15. The van der Waals surface area contributed by atoms with Gasteiger partial charge >= 0.3 is 0 Å². The summed E-state index contributed by atoms with van der Waals surface area (Å²) in [4.78, 5) is 12.3. The summed E-state index contributed by atoms with van der Waals surface area (Å²) in [5.41, 5.74) is 0.403. The van der Waals surface area contributed by atoms with Gasteiger partial charge in [-0.3, -0.25) is 4.79 Å². The molecule has 0 aliphatic heterocycles. The lowest BCUT2D eigenvalue weighted by atomic mass is 9.85. The summed E-state index contributed by atoms with van der Waals surface area (Å²) >= 11 is 6.06. The van der Waals surface area contributed by atoms with Gasteiger partial charge in [-0.2, -0.15) is 5.10 Å². The summed E-state index contributed by atoms with van der Waals surface area (Å²) in [6, 6.07) is 0. The highest BCUT2D eigenvalue weighted by Crippen LogP contribution is 2.27. The molecule has 0 atom stereocenters. The van der Waals surface area contributed by atoms with Crippen molar-refractivity contribution >= 4 is 17.3 Å². The van der Waals surface area contributed by atoms with Gasteiger partial charge in [0.25, 0.3) is 5.56 Å². The van der Waals surface area contributed by atoms with Crippen molar-refractivity contribution in [2.24, 2.45) is 11.8 Å². The van der Waals surface area contributed by atoms with E-state index in [2.05, 4.69) is 24.3 Å². The van der Waals surface area contributed by atoms with E-state index in [1.54, 1.807) is 10.9 Å². The van der Waals surface area contributed by atoms with Gasteiger partial charge in [0.15, 0.2) is 0 Å². The minimum absolute atomic E-state index is 0.0943. The van der Waals surface area contributed by atoms with Gasteiger partial charge in [0.2, 0.25) is 0 Å². The third kappa shape index (κ3) is 3.72. The molecule has 1 aliphatic rings. The Kier molecular flexibility index (Phi) is 4.86. The van der Waals surface area contributed by atoms with Crippen LogP contribution in [-0.4, -0.2) is 16.3 Å². The first-order chi connectivity index (χ1) is 9.08. The van der Waals surface area contributed by atoms with Crippen molar-refractivity contribution < 1.29 is 0 Å². The second kappa shape index (κ2) is 6.42. The SMILES string of the molecule is CC(C)CCNc1c(Cl)cnn(CC2CCC2)c1=O. The Morgan fingerprint density at radius 2 is 2.26 bits per heavy atom. The summed E-state index contributed by atoms with van der Waals surface area (Å²) in [6.45, 7) is 5.80. The molecular formula is C14H22ClN3O. The Bertz CT molecular complexity index is 480. The van der Waals surface area contributed by atoms with Crippen LogP contribution in [0.5, 0.6) is 0 Å². The van der Waals surface area contributed by atoms with Crippen LogP contribution >= 0.6 is 11.6 Å². The molecular weight excluding hydrogens is 262 g/mol. The molecule has 2 rings (SSSR count). The third-order valence-corrected chi connectivity index (χ3v) is 3.96. The van der Waals surface area contributed by atoms with Crippen LogP contribution in [0.2, 0.25) is 5.02 Å². The number of nitrogens with zero attached hydrogens (tertiary/aromatic N) is 2. The highest BCUT2D eigenvalue weighted by molar-refractivity contribution is 6.32. The zero-order valence-corrected chi connectivity index (χ0v) is 12.4. The van der Waals surface area contributed by atoms with Crippen LogP contribution < -0.4 is 10.9 Å². The number of halogens is 1. The lowest BCUT2D eigenvalue weighted by Gasteiger charge is -2.25. The lowest BCUT2D eigenvalue weighted by Crippen LogP contribution is -2.31. The van der Waals surface area contributed by atoms with Crippen LogP contribution in [0.15, 0.2) is 11.0 Å². The molecule has 1 N–H and O–H groups in total. The molecule has 0 unspecified atom stereocenters. The summed E-state index contributed by atoms with van der Waals surface area (Å²) in [5, 5.41) is 7.71. The fraction of sp³-hybridized carbons (Fsp3) is 0.714. The number of aromatic nitrogens is 2. The summed E-state index contributed by atoms with van der Waals surface area (Å²) in [5.74, 6) is 1.21. The van der Waals surface area contributed by atoms with E-state index in [4.69, 9.17) is 11.6 Å². The summed E-state index contributed by atoms with van der Waals surface area (Å²) < 4.78 is 1.55. The van der Waals surface area contributed by atoms with E-state index in [0.29, 0.717) is 22.5 Å². The van der Waals surface area contributed by atoms with Crippen molar-refractivity contribution in [2.75, 3.05) is 11.9 Å². The molecule has 0 spiro atoms. The highest BCUT2D eigenvalue weighted by atomic mass is 35.5. The molecule has 0 saturated heterocycles. The molecule has 0 radical (unpaired) electrons. The molecule has 1 aromatic rings. The molecule has 1 aliphatic carbocycles. The zero-order valence-electron chi connectivity index (χ0n) is 11.7. The van der Waals surface area contributed by atoms with Crippen LogP contribution in [-0.2, 0) is 6.54 Å². The Hall–Kier alpha value is -1.03. The van der Waals surface area contributed by atoms with Gasteiger partial charge in [-0.05, 0) is 31.1 Å². The van der Waals surface area contributed by atoms with Crippen molar-refractivity contribution in [3.8, 4) is 0 Å². The smallest absolute Gasteiger partial charge is 0.291 e. The molecule has 0 amide bonds. The van der Waals surface area contributed by atoms with E-state index >= 15 is 0 Å². The second-order valence-corrected chi connectivity index (χ2v) is 6.17. The number of anilines is 1. The molecule has 0 aromatic carbocycles. The maximum absolute atomic E-state index is 12.3. The molecule has 5 heteroatoms. The average molecular weight is 284 g/mol. The quantitative estimate of drug-likeness (QED) is 0.872. The molecule has 1 saturated carbocycles. The average Bonchev–Trinajstić information content (AvgIpc) is 2.30. The van der Waals surface area contributed by atoms with Crippen LogP contribution in [0, 0.1) is 11.8 Å². The van der Waals surface area contributed by atoms with Crippen molar-refractivity contribution in [3.63, 3.8) is 0 Å². The highest BCUT2D eigenvalue weighted by Gasteiger charge is 2.20. The van der Waals surface area contributed by atoms with Crippen LogP contribution in [0.3, 0.4) is 0 Å². The monoisotopic (exact) mass is 283 g/mol. The van der Waals surface area contributed by atoms with E-state index in [-0.39, 0.29) is 5.56 Å². The topological polar surface area (TPSA) is 46.9 Å². The maximum atomic E-state index is 12.3. The number of nitrogens with one attached hydrogen (secondary N) is 1. The van der Waals surface area contributed by atoms with Gasteiger partial charge < -0.3 is 5.32 Å². The minimum Gasteiger partial charge on any atom is -0.379 e. The van der Waals surface area contributed by atoms with Crippen molar-refractivity contribution in [1.82, 2.24) is 9.78 Å². The van der Waals surface area contributed by atoms with Gasteiger partial charge in [-0.15, -0.1) is 0 Å². The number of rotatable bonds is 6. The Labute approximate surface area is 119 Å². The Morgan fingerprint density at radius 1 is 1.53 bits per heavy atom. The molecule has 0 bridgehead atoms. The van der Waals surface area contributed by atoms with Crippen LogP contribution in [0.25, 0.3) is 0 Å².